The van der Waals surface area contributed by atoms with Crippen molar-refractivity contribution in [3.63, 3.8) is 0 Å². The van der Waals surface area contributed by atoms with Gasteiger partial charge in [-0.3, -0.25) is 4.79 Å². The minimum atomic E-state index is -0.459. The van der Waals surface area contributed by atoms with Crippen molar-refractivity contribution in [2.45, 2.75) is 0 Å². The van der Waals surface area contributed by atoms with Crippen molar-refractivity contribution in [3.05, 3.63) is 34.6 Å². The van der Waals surface area contributed by atoms with Gasteiger partial charge in [-0.15, -0.1) is 0 Å². The van der Waals surface area contributed by atoms with Crippen LogP contribution >= 0.6 is 0 Å². The molecule has 0 saturated heterocycles. The van der Waals surface area contributed by atoms with Crippen molar-refractivity contribution < 1.29 is 14.9 Å². The van der Waals surface area contributed by atoms with Crippen LogP contribution in [-0.4, -0.2) is 27.3 Å². The van der Waals surface area contributed by atoms with Crippen molar-refractivity contribution >= 4 is 0 Å². The molecule has 2 rings (SSSR count). The molecular weight excluding hydrogens is 224 g/mol. The average Bonchev–Trinajstić information content (AvgIpc) is 2.28. The van der Waals surface area contributed by atoms with Crippen molar-refractivity contribution in [2.24, 2.45) is 0 Å². The number of benzene rings is 1. The van der Waals surface area contributed by atoms with Gasteiger partial charge in [-0.2, -0.15) is 4.98 Å². The van der Waals surface area contributed by atoms with Gasteiger partial charge in [0.25, 0.3) is 5.56 Å². The molecule has 0 atom stereocenters. The zero-order valence-electron chi connectivity index (χ0n) is 8.97. The zero-order chi connectivity index (χ0) is 12.4. The molecule has 6 heteroatoms. The monoisotopic (exact) mass is 234 g/mol. The predicted octanol–water partition coefficient (Wildman–Crippen LogP) is 0.857. The molecule has 0 amide bonds. The molecular formula is C11H10N2O4. The Kier molecular flexibility index (Phi) is 2.70. The average molecular weight is 234 g/mol. The molecule has 6 nitrogen and oxygen atoms in total. The Hall–Kier alpha value is -2.50. The van der Waals surface area contributed by atoms with Crippen LogP contribution in [0.2, 0.25) is 0 Å². The van der Waals surface area contributed by atoms with Crippen molar-refractivity contribution in [1.29, 1.82) is 0 Å². The van der Waals surface area contributed by atoms with Crippen LogP contribution in [0, 0.1) is 0 Å². The van der Waals surface area contributed by atoms with E-state index in [9.17, 15) is 15.0 Å². The summed E-state index contributed by atoms with van der Waals surface area (Å²) in [6.45, 7) is 0. The summed E-state index contributed by atoms with van der Waals surface area (Å²) in [6, 6.07) is 5.45. The first-order chi connectivity index (χ1) is 8.10. The molecule has 0 unspecified atom stereocenters. The summed E-state index contributed by atoms with van der Waals surface area (Å²) in [5.41, 5.74) is 0.0622. The predicted molar refractivity (Wildman–Crippen MR) is 60.2 cm³/mol. The second-order valence-electron chi connectivity index (χ2n) is 3.34. The van der Waals surface area contributed by atoms with Gasteiger partial charge in [0.2, 0.25) is 5.88 Å². The third-order valence-corrected chi connectivity index (χ3v) is 2.18. The Morgan fingerprint density at radius 3 is 2.71 bits per heavy atom. The smallest absolute Gasteiger partial charge is 0.254 e. The van der Waals surface area contributed by atoms with Gasteiger partial charge in [0, 0.05) is 5.56 Å². The van der Waals surface area contributed by atoms with Gasteiger partial charge in [-0.25, -0.2) is 0 Å². The fraction of sp³-hybridized carbons (Fsp3) is 0.0909. The highest BCUT2D eigenvalue weighted by Gasteiger charge is 2.07. The lowest BCUT2D eigenvalue weighted by Crippen LogP contribution is -2.06. The number of rotatable bonds is 2. The summed E-state index contributed by atoms with van der Waals surface area (Å²) in [5.74, 6) is 0.0799. The molecule has 0 aliphatic carbocycles. The van der Waals surface area contributed by atoms with E-state index in [1.807, 2.05) is 0 Å². The first kappa shape index (κ1) is 11.0. The molecule has 17 heavy (non-hydrogen) atoms. The lowest BCUT2D eigenvalue weighted by molar-refractivity contribution is 0.373. The number of hydrogen-bond acceptors (Lipinski definition) is 5. The molecule has 1 aromatic carbocycles. The summed E-state index contributed by atoms with van der Waals surface area (Å²) < 4.78 is 4.94. The minimum Gasteiger partial charge on any atom is -0.504 e. The van der Waals surface area contributed by atoms with Crippen LogP contribution in [0.3, 0.4) is 0 Å². The molecule has 0 spiro atoms. The van der Waals surface area contributed by atoms with E-state index in [1.165, 1.54) is 19.2 Å². The Morgan fingerprint density at radius 2 is 2.06 bits per heavy atom. The van der Waals surface area contributed by atoms with Crippen molar-refractivity contribution in [1.82, 2.24) is 9.97 Å². The van der Waals surface area contributed by atoms with E-state index in [0.29, 0.717) is 5.56 Å². The third-order valence-electron chi connectivity index (χ3n) is 2.18. The molecule has 0 fully saturated rings. The number of aromatic amines is 1. The largest absolute Gasteiger partial charge is 0.504 e. The maximum atomic E-state index is 11.2. The Bertz CT molecular complexity index is 607. The van der Waals surface area contributed by atoms with Crippen LogP contribution in [0.25, 0.3) is 11.4 Å². The number of aromatic nitrogens is 2. The molecule has 0 radical (unpaired) electrons. The Balaban J connectivity index is 2.56. The van der Waals surface area contributed by atoms with E-state index < -0.39 is 5.56 Å². The Morgan fingerprint density at radius 1 is 1.29 bits per heavy atom. The number of ether oxygens (including phenoxy) is 1. The lowest BCUT2D eigenvalue weighted by Gasteiger charge is -2.06. The maximum absolute atomic E-state index is 11.2. The normalized spacial score (nSPS) is 10.2. The van der Waals surface area contributed by atoms with Crippen molar-refractivity contribution in [2.75, 3.05) is 7.11 Å². The number of aromatic hydroxyl groups is 2. The molecule has 3 N–H and O–H groups in total. The molecule has 1 heterocycles. The van der Waals surface area contributed by atoms with Crippen molar-refractivity contribution in [3.8, 4) is 28.8 Å². The van der Waals surface area contributed by atoms with Crippen LogP contribution in [0.15, 0.2) is 29.1 Å². The van der Waals surface area contributed by atoms with Gasteiger partial charge in [0.1, 0.15) is 5.82 Å². The van der Waals surface area contributed by atoms with Gasteiger partial charge in [0.05, 0.1) is 13.2 Å². The topological polar surface area (TPSA) is 95.4 Å². The summed E-state index contributed by atoms with van der Waals surface area (Å²) in [4.78, 5) is 17.4. The zero-order valence-corrected chi connectivity index (χ0v) is 8.97. The summed E-state index contributed by atoms with van der Waals surface area (Å²) >= 11 is 0. The number of nitrogens with zero attached hydrogens (tertiary/aromatic N) is 1. The van der Waals surface area contributed by atoms with E-state index in [0.717, 1.165) is 6.07 Å². The van der Waals surface area contributed by atoms with Gasteiger partial charge in [0.15, 0.2) is 11.5 Å². The maximum Gasteiger partial charge on any atom is 0.254 e. The van der Waals surface area contributed by atoms with Gasteiger partial charge in [-0.1, -0.05) is 0 Å². The van der Waals surface area contributed by atoms with E-state index in [-0.39, 0.29) is 23.2 Å². The highest BCUT2D eigenvalue weighted by atomic mass is 16.5. The summed E-state index contributed by atoms with van der Waals surface area (Å²) in [7, 11) is 1.41. The Labute approximate surface area is 96.2 Å². The first-order valence-electron chi connectivity index (χ1n) is 4.78. The molecule has 0 saturated carbocycles. The van der Waals surface area contributed by atoms with Crippen LogP contribution < -0.4 is 10.3 Å². The molecule has 0 bridgehead atoms. The summed E-state index contributed by atoms with van der Waals surface area (Å²) in [6.07, 6.45) is 0. The second kappa shape index (κ2) is 4.17. The summed E-state index contributed by atoms with van der Waals surface area (Å²) in [5, 5.41) is 18.6. The molecule has 0 aliphatic rings. The fourth-order valence-electron chi connectivity index (χ4n) is 1.41. The molecule has 1 aromatic heterocycles. The van der Waals surface area contributed by atoms with Crippen LogP contribution in [-0.2, 0) is 0 Å². The number of hydrogen-bond donors (Lipinski definition) is 3. The second-order valence-corrected chi connectivity index (χ2v) is 3.34. The highest BCUT2D eigenvalue weighted by molar-refractivity contribution is 5.60. The van der Waals surface area contributed by atoms with Gasteiger partial charge in [-0.05, 0) is 18.2 Å². The van der Waals surface area contributed by atoms with Gasteiger partial charge < -0.3 is 19.9 Å². The number of H-pyrrole nitrogens is 1. The van der Waals surface area contributed by atoms with E-state index in [1.54, 1.807) is 6.07 Å². The SMILES string of the molecule is COc1cc(-c2nc(O)cc(=O)[nH]2)ccc1O. The molecule has 88 valence electrons. The third kappa shape index (κ3) is 2.20. The first-order valence-corrected chi connectivity index (χ1v) is 4.78. The number of phenols is 1. The van der Waals surface area contributed by atoms with E-state index >= 15 is 0 Å². The number of phenolic OH excluding ortho intramolecular Hbond substituents is 1. The van der Waals surface area contributed by atoms with E-state index in [4.69, 9.17) is 4.74 Å². The fourth-order valence-corrected chi connectivity index (χ4v) is 1.41. The van der Waals surface area contributed by atoms with Crippen LogP contribution in [0.4, 0.5) is 0 Å². The quantitative estimate of drug-likeness (QED) is 0.716. The highest BCUT2D eigenvalue weighted by Crippen LogP contribution is 2.29. The lowest BCUT2D eigenvalue weighted by atomic mass is 10.2. The molecule has 2 aromatic rings. The molecule has 0 aliphatic heterocycles. The number of methoxy groups -OCH3 is 1. The minimum absolute atomic E-state index is 0.0150. The van der Waals surface area contributed by atoms with Crippen LogP contribution in [0.5, 0.6) is 17.4 Å². The van der Waals surface area contributed by atoms with E-state index in [2.05, 4.69) is 9.97 Å². The number of nitrogens with one attached hydrogen (secondary N) is 1. The standard InChI is InChI=1S/C11H10N2O4/c1-17-8-4-6(2-3-7(8)14)11-12-9(15)5-10(16)13-11/h2-5,14H,1H3,(H2,12,13,15,16). The van der Waals surface area contributed by atoms with Gasteiger partial charge >= 0.3 is 0 Å². The van der Waals surface area contributed by atoms with Crippen LogP contribution in [0.1, 0.15) is 0 Å².